The summed E-state index contributed by atoms with van der Waals surface area (Å²) in [6.45, 7) is 1.64. The molecule has 0 spiro atoms. The molecule has 2 heteroatoms. The van der Waals surface area contributed by atoms with E-state index in [0.717, 1.165) is 22.3 Å². The van der Waals surface area contributed by atoms with Crippen LogP contribution in [0.4, 0.5) is 0 Å². The van der Waals surface area contributed by atoms with Crippen molar-refractivity contribution in [3.05, 3.63) is 156 Å². The van der Waals surface area contributed by atoms with E-state index in [2.05, 4.69) is 31.0 Å². The van der Waals surface area contributed by atoms with Crippen LogP contribution in [0.2, 0.25) is 0 Å². The molecule has 0 atom stereocenters. The molecule has 1 heterocycles. The molecule has 1 aliphatic rings. The summed E-state index contributed by atoms with van der Waals surface area (Å²) in [4.78, 5) is 4.45. The molecular formula is C43H32N2. The number of aromatic nitrogens is 2. The Kier molecular flexibility index (Phi) is 3.62. The minimum Gasteiger partial charge on any atom is -0.297 e. The van der Waals surface area contributed by atoms with Crippen LogP contribution in [0, 0.1) is 6.85 Å². The molecule has 0 amide bonds. The molecular weight excluding hydrogens is 544 g/mol. The van der Waals surface area contributed by atoms with Gasteiger partial charge in [0, 0.05) is 15.2 Å². The van der Waals surface area contributed by atoms with E-state index in [-0.39, 0.29) is 62.7 Å². The number of aryl methyl sites for hydroxylation is 1. The number of hydrogen-bond acceptors (Lipinski definition) is 1. The fourth-order valence-corrected chi connectivity index (χ4v) is 7.15. The lowest BCUT2D eigenvalue weighted by Gasteiger charge is -2.23. The maximum atomic E-state index is 9.39. The maximum absolute atomic E-state index is 9.39. The Hall–Kier alpha value is -5.47. The first-order valence-corrected chi connectivity index (χ1v) is 14.8. The molecule has 1 aliphatic carbocycles. The number of para-hydroxylation sites is 2. The minimum atomic E-state index is -2.60. The van der Waals surface area contributed by atoms with Crippen LogP contribution < -0.4 is 0 Å². The van der Waals surface area contributed by atoms with Gasteiger partial charge in [-0.2, -0.15) is 0 Å². The summed E-state index contributed by atoms with van der Waals surface area (Å²) in [7, 11) is 0. The number of rotatable bonds is 3. The number of hydrogen-bond donors (Lipinski definition) is 0. The normalized spacial score (nSPS) is 17.2. The minimum absolute atomic E-state index is 0.0789. The zero-order valence-corrected chi connectivity index (χ0v) is 24.6. The largest absolute Gasteiger partial charge is 0.297 e. The van der Waals surface area contributed by atoms with Gasteiger partial charge in [0.2, 0.25) is 0 Å². The van der Waals surface area contributed by atoms with Gasteiger partial charge in [0.05, 0.1) is 22.0 Å². The Morgan fingerprint density at radius 3 is 1.96 bits per heavy atom. The molecule has 0 aliphatic heterocycles. The van der Waals surface area contributed by atoms with Crippen LogP contribution in [0.15, 0.2) is 139 Å². The summed E-state index contributed by atoms with van der Waals surface area (Å²) in [6.07, 6.45) is 0. The van der Waals surface area contributed by atoms with Gasteiger partial charge in [-0.3, -0.25) is 4.57 Å². The van der Waals surface area contributed by atoms with Gasteiger partial charge in [-0.15, -0.1) is 0 Å². The molecule has 0 saturated carbocycles. The second-order valence-corrected chi connectivity index (χ2v) is 12.0. The summed E-state index contributed by atoms with van der Waals surface area (Å²) in [5.41, 5.74) is 6.53. The van der Waals surface area contributed by atoms with Crippen molar-refractivity contribution < 1.29 is 15.1 Å². The van der Waals surface area contributed by atoms with Gasteiger partial charge in [-0.05, 0) is 103 Å². The van der Waals surface area contributed by atoms with Gasteiger partial charge in [0.15, 0.2) is 0 Å². The molecule has 2 nitrogen and oxygen atoms in total. The zero-order valence-electron chi connectivity index (χ0n) is 35.6. The van der Waals surface area contributed by atoms with Gasteiger partial charge in [-0.1, -0.05) is 123 Å². The summed E-state index contributed by atoms with van der Waals surface area (Å²) in [5.74, 6) is -0.175. The number of benzene rings is 7. The summed E-state index contributed by atoms with van der Waals surface area (Å²) in [6, 6.07) is 24.3. The Bertz CT molecular complexity index is 2950. The van der Waals surface area contributed by atoms with Gasteiger partial charge < -0.3 is 0 Å². The third kappa shape index (κ3) is 3.72. The van der Waals surface area contributed by atoms with Crippen molar-refractivity contribution in [2.24, 2.45) is 0 Å². The summed E-state index contributed by atoms with van der Waals surface area (Å²) >= 11 is 0. The number of nitrogens with zero attached hydrogens (tertiary/aromatic N) is 2. The second-order valence-electron chi connectivity index (χ2n) is 12.0. The monoisotopic (exact) mass is 587 g/mol. The lowest BCUT2D eigenvalue weighted by molar-refractivity contribution is 0.660. The maximum Gasteiger partial charge on any atom is 0.111 e. The molecule has 0 unspecified atom stereocenters. The van der Waals surface area contributed by atoms with Gasteiger partial charge in [0.25, 0.3) is 0 Å². The molecule has 214 valence electrons. The van der Waals surface area contributed by atoms with E-state index in [1.54, 1.807) is 48.5 Å². The van der Waals surface area contributed by atoms with Gasteiger partial charge in [0.1, 0.15) is 5.82 Å². The predicted molar refractivity (Wildman–Crippen MR) is 189 cm³/mol. The van der Waals surface area contributed by atoms with Crippen LogP contribution in [0.1, 0.15) is 45.9 Å². The molecule has 1 aromatic heterocycles. The average Bonchev–Trinajstić information content (AvgIpc) is 3.70. The summed E-state index contributed by atoms with van der Waals surface area (Å²) in [5, 5.41) is 0.377. The SMILES string of the molecule is [2H]c1c([2H])c([2H])c2c(-c3ccc4c(c3)C(C)(C)c3ccccc3-4)c3c([2H])c([2H])c([2H])c([2H])c3c(-c3cccc(-n4c(C([2H])([2H])[2H])nc5ccccc54)c3)c2c1[2H]. The Labute approximate surface area is 278 Å². The Morgan fingerprint density at radius 2 is 1.24 bits per heavy atom. The lowest BCUT2D eigenvalue weighted by Crippen LogP contribution is -2.14. The van der Waals surface area contributed by atoms with E-state index in [0.29, 0.717) is 27.8 Å². The highest BCUT2D eigenvalue weighted by Gasteiger charge is 2.35. The highest BCUT2D eigenvalue weighted by atomic mass is 15.1. The Balaban J connectivity index is 1.45. The fraction of sp³-hybridized carbons (Fsp3) is 0.0930. The average molecular weight is 588 g/mol. The lowest BCUT2D eigenvalue weighted by atomic mass is 9.80. The topological polar surface area (TPSA) is 17.8 Å². The van der Waals surface area contributed by atoms with Gasteiger partial charge in [-0.25, -0.2) is 4.98 Å². The smallest absolute Gasteiger partial charge is 0.111 e. The van der Waals surface area contributed by atoms with Crippen LogP contribution in [0.3, 0.4) is 0 Å². The molecule has 0 N–H and O–H groups in total. The molecule has 8 aromatic rings. The predicted octanol–water partition coefficient (Wildman–Crippen LogP) is 11.3. The third-order valence-electron chi connectivity index (χ3n) is 9.20. The molecule has 0 radical (unpaired) electrons. The first-order valence-electron chi connectivity index (χ1n) is 20.3. The van der Waals surface area contributed by atoms with Crippen LogP contribution in [-0.2, 0) is 5.41 Å². The highest BCUT2D eigenvalue weighted by molar-refractivity contribution is 6.21. The molecule has 9 rings (SSSR count). The number of imidazole rings is 1. The van der Waals surface area contributed by atoms with Crippen LogP contribution >= 0.6 is 0 Å². The third-order valence-corrected chi connectivity index (χ3v) is 9.20. The van der Waals surface area contributed by atoms with Crippen LogP contribution in [-0.4, -0.2) is 9.55 Å². The van der Waals surface area contributed by atoms with E-state index >= 15 is 0 Å². The van der Waals surface area contributed by atoms with Crippen molar-refractivity contribution in [1.29, 1.82) is 0 Å². The second kappa shape index (κ2) is 9.51. The van der Waals surface area contributed by atoms with Crippen LogP contribution in [0.25, 0.3) is 71.6 Å². The van der Waals surface area contributed by atoms with Crippen LogP contribution in [0.5, 0.6) is 0 Å². The highest BCUT2D eigenvalue weighted by Crippen LogP contribution is 2.51. The fourth-order valence-electron chi connectivity index (χ4n) is 7.15. The molecule has 0 saturated heterocycles. The van der Waals surface area contributed by atoms with Crippen molar-refractivity contribution in [1.82, 2.24) is 9.55 Å². The van der Waals surface area contributed by atoms with Crippen molar-refractivity contribution in [3.63, 3.8) is 0 Å². The zero-order chi connectivity index (χ0) is 39.7. The van der Waals surface area contributed by atoms with Gasteiger partial charge >= 0.3 is 0 Å². The van der Waals surface area contributed by atoms with E-state index < -0.39 is 36.4 Å². The molecule has 0 fully saturated rings. The quantitative estimate of drug-likeness (QED) is 0.188. The molecule has 45 heavy (non-hydrogen) atoms. The number of fused-ring (bicyclic) bond motifs is 6. The van der Waals surface area contributed by atoms with Crippen molar-refractivity contribution >= 4 is 32.6 Å². The van der Waals surface area contributed by atoms with Crippen molar-refractivity contribution in [2.45, 2.75) is 26.1 Å². The molecule has 7 aromatic carbocycles. The molecule has 0 bridgehead atoms. The first kappa shape index (κ1) is 17.1. The standard InChI is InChI=1S/C43H32N2/c1-27-44-39-21-10-11-22-40(39)45(27)30-14-12-13-28(25-30)41-33-16-4-6-18-35(33)42(36-19-7-5-17-34(36)41)29-23-24-32-31-15-8-9-20-37(31)43(2,3)38(32)26-29/h4-26H,1-3H3/i1D3,4D,5D,6D,7D,16D,17D,18D,19D. The first-order chi connectivity index (χ1) is 26.5. The summed E-state index contributed by atoms with van der Waals surface area (Å²) < 4.78 is 99.4. The van der Waals surface area contributed by atoms with E-state index in [1.165, 1.54) is 4.57 Å². The van der Waals surface area contributed by atoms with E-state index in [9.17, 15) is 5.48 Å². The van der Waals surface area contributed by atoms with E-state index in [1.807, 2.05) is 30.3 Å². The van der Waals surface area contributed by atoms with Crippen molar-refractivity contribution in [3.8, 4) is 39.1 Å². The van der Waals surface area contributed by atoms with Crippen molar-refractivity contribution in [2.75, 3.05) is 0 Å². The van der Waals surface area contributed by atoms with E-state index in [4.69, 9.17) is 9.60 Å². The Morgan fingerprint density at radius 1 is 0.622 bits per heavy atom.